The third-order valence-corrected chi connectivity index (χ3v) is 2.77. The largest absolute Gasteiger partial charge is 0.378 e. The molecule has 1 aliphatic heterocycles. The van der Waals surface area contributed by atoms with E-state index >= 15 is 0 Å². The van der Waals surface area contributed by atoms with Crippen LogP contribution in [0.25, 0.3) is 0 Å². The van der Waals surface area contributed by atoms with Gasteiger partial charge in [0, 0.05) is 5.02 Å². The summed E-state index contributed by atoms with van der Waals surface area (Å²) in [4.78, 5) is 0. The van der Waals surface area contributed by atoms with Crippen molar-refractivity contribution in [2.24, 2.45) is 5.41 Å². The van der Waals surface area contributed by atoms with Crippen LogP contribution in [0.2, 0.25) is 5.02 Å². The van der Waals surface area contributed by atoms with E-state index in [1.165, 1.54) is 12.1 Å². The Hall–Kier alpha value is -1.11. The maximum atomic E-state index is 13.4. The van der Waals surface area contributed by atoms with Crippen LogP contribution in [-0.4, -0.2) is 13.2 Å². The van der Waals surface area contributed by atoms with E-state index in [1.54, 1.807) is 6.07 Å². The Labute approximate surface area is 92.2 Å². The molecule has 0 radical (unpaired) electrons. The quantitative estimate of drug-likeness (QED) is 0.775. The molecule has 4 heteroatoms. The summed E-state index contributed by atoms with van der Waals surface area (Å²) in [5, 5.41) is 9.46. The van der Waals surface area contributed by atoms with E-state index in [9.17, 15) is 4.39 Å². The first kappa shape index (κ1) is 10.4. The predicted octanol–water partition coefficient (Wildman–Crippen LogP) is 2.56. The minimum absolute atomic E-state index is 0.319. The van der Waals surface area contributed by atoms with Gasteiger partial charge in [-0.3, -0.25) is 0 Å². The maximum Gasteiger partial charge on any atom is 0.126 e. The van der Waals surface area contributed by atoms with Gasteiger partial charge in [-0.2, -0.15) is 5.26 Å². The standard InChI is InChI=1S/C11H9ClFNO/c12-9-1-2-10(13)8(3-9)4-11(5-14)6-15-7-11/h1-3H,4,6-7H2. The van der Waals surface area contributed by atoms with E-state index < -0.39 is 5.41 Å². The number of hydrogen-bond acceptors (Lipinski definition) is 2. The van der Waals surface area contributed by atoms with Crippen molar-refractivity contribution < 1.29 is 9.13 Å². The van der Waals surface area contributed by atoms with Crippen LogP contribution in [-0.2, 0) is 11.2 Å². The molecular weight excluding hydrogens is 217 g/mol. The van der Waals surface area contributed by atoms with Crippen LogP contribution in [0.1, 0.15) is 5.56 Å². The van der Waals surface area contributed by atoms with E-state index in [1.807, 2.05) is 0 Å². The van der Waals surface area contributed by atoms with Gasteiger partial charge >= 0.3 is 0 Å². The first-order valence-electron chi connectivity index (χ1n) is 4.58. The summed E-state index contributed by atoms with van der Waals surface area (Å²) in [6.45, 7) is 0.741. The molecule has 0 N–H and O–H groups in total. The minimum Gasteiger partial charge on any atom is -0.378 e. The predicted molar refractivity (Wildman–Crippen MR) is 54.0 cm³/mol. The molecule has 1 aromatic carbocycles. The summed E-state index contributed by atoms with van der Waals surface area (Å²) in [6, 6.07) is 6.56. The second kappa shape index (κ2) is 3.80. The molecule has 78 valence electrons. The van der Waals surface area contributed by atoms with Crippen molar-refractivity contribution >= 4 is 11.6 Å². The molecule has 1 aromatic rings. The fourth-order valence-electron chi connectivity index (χ4n) is 1.60. The number of nitriles is 1. The number of nitrogens with zero attached hydrogens (tertiary/aromatic N) is 1. The van der Waals surface area contributed by atoms with E-state index in [0.717, 1.165) is 0 Å². The average molecular weight is 226 g/mol. The molecule has 0 bridgehead atoms. The highest BCUT2D eigenvalue weighted by molar-refractivity contribution is 6.30. The summed E-state index contributed by atoms with van der Waals surface area (Å²) in [5.74, 6) is -0.319. The molecule has 1 saturated heterocycles. The number of rotatable bonds is 2. The van der Waals surface area contributed by atoms with Crippen LogP contribution in [0.3, 0.4) is 0 Å². The lowest BCUT2D eigenvalue weighted by Gasteiger charge is -2.35. The van der Waals surface area contributed by atoms with Gasteiger partial charge in [-0.1, -0.05) is 11.6 Å². The van der Waals surface area contributed by atoms with Crippen LogP contribution in [0, 0.1) is 22.6 Å². The molecule has 2 rings (SSSR count). The van der Waals surface area contributed by atoms with Crippen molar-refractivity contribution in [2.75, 3.05) is 13.2 Å². The summed E-state index contributed by atoms with van der Waals surface area (Å²) in [7, 11) is 0. The summed E-state index contributed by atoms with van der Waals surface area (Å²) in [6.07, 6.45) is 0.357. The summed E-state index contributed by atoms with van der Waals surface area (Å²) < 4.78 is 18.4. The molecule has 0 spiro atoms. The molecule has 2 nitrogen and oxygen atoms in total. The average Bonchev–Trinajstić information content (AvgIpc) is 2.17. The van der Waals surface area contributed by atoms with E-state index in [0.29, 0.717) is 30.2 Å². The van der Waals surface area contributed by atoms with Crippen molar-refractivity contribution in [3.8, 4) is 6.07 Å². The number of hydrogen-bond donors (Lipinski definition) is 0. The summed E-state index contributed by atoms with van der Waals surface area (Å²) >= 11 is 5.77. The third-order valence-electron chi connectivity index (χ3n) is 2.53. The molecule has 15 heavy (non-hydrogen) atoms. The van der Waals surface area contributed by atoms with Gasteiger partial charge in [0.1, 0.15) is 11.2 Å². The molecule has 0 amide bonds. The van der Waals surface area contributed by atoms with Crippen molar-refractivity contribution in [2.45, 2.75) is 6.42 Å². The topological polar surface area (TPSA) is 33.0 Å². The number of halogens is 2. The first-order chi connectivity index (χ1) is 7.15. The van der Waals surface area contributed by atoms with Gasteiger partial charge in [0.15, 0.2) is 0 Å². The minimum atomic E-state index is -0.564. The van der Waals surface area contributed by atoms with Crippen LogP contribution >= 0.6 is 11.6 Å². The number of benzene rings is 1. The van der Waals surface area contributed by atoms with Gasteiger partial charge in [-0.15, -0.1) is 0 Å². The normalized spacial score (nSPS) is 17.9. The molecule has 0 saturated carbocycles. The zero-order valence-electron chi connectivity index (χ0n) is 7.96. The second-order valence-corrected chi connectivity index (χ2v) is 4.23. The Balaban J connectivity index is 2.24. The Morgan fingerprint density at radius 1 is 1.53 bits per heavy atom. The van der Waals surface area contributed by atoms with Gasteiger partial charge in [-0.25, -0.2) is 4.39 Å². The lowest BCUT2D eigenvalue weighted by Crippen LogP contribution is -2.43. The van der Waals surface area contributed by atoms with Gasteiger partial charge in [0.25, 0.3) is 0 Å². The fraction of sp³-hybridized carbons (Fsp3) is 0.364. The molecule has 0 unspecified atom stereocenters. The molecular formula is C11H9ClFNO. The van der Waals surface area contributed by atoms with Gasteiger partial charge in [0.2, 0.25) is 0 Å². The molecule has 1 aliphatic rings. The highest BCUT2D eigenvalue weighted by atomic mass is 35.5. The summed E-state index contributed by atoms with van der Waals surface area (Å²) in [5.41, 5.74) is -0.0849. The Bertz CT molecular complexity index is 423. The lowest BCUT2D eigenvalue weighted by molar-refractivity contribution is -0.0768. The molecule has 1 heterocycles. The van der Waals surface area contributed by atoms with Crippen LogP contribution < -0.4 is 0 Å². The zero-order valence-corrected chi connectivity index (χ0v) is 8.72. The number of ether oxygens (including phenoxy) is 1. The smallest absolute Gasteiger partial charge is 0.126 e. The Kier molecular flexibility index (Phi) is 2.64. The Morgan fingerprint density at radius 3 is 2.80 bits per heavy atom. The van der Waals surface area contributed by atoms with Crippen LogP contribution in [0.4, 0.5) is 4.39 Å². The van der Waals surface area contributed by atoms with Crippen molar-refractivity contribution in [1.82, 2.24) is 0 Å². The SMILES string of the molecule is N#CC1(Cc2cc(Cl)ccc2F)COC1. The van der Waals surface area contributed by atoms with Crippen LogP contribution in [0.5, 0.6) is 0 Å². The lowest BCUT2D eigenvalue weighted by atomic mass is 9.81. The molecule has 1 fully saturated rings. The monoisotopic (exact) mass is 225 g/mol. The highest BCUT2D eigenvalue weighted by Crippen LogP contribution is 2.32. The molecule has 0 aromatic heterocycles. The van der Waals surface area contributed by atoms with E-state index in [2.05, 4.69) is 6.07 Å². The van der Waals surface area contributed by atoms with Crippen molar-refractivity contribution in [3.05, 3.63) is 34.6 Å². The third kappa shape index (κ3) is 1.97. The van der Waals surface area contributed by atoms with Crippen molar-refractivity contribution in [3.63, 3.8) is 0 Å². The van der Waals surface area contributed by atoms with Crippen LogP contribution in [0.15, 0.2) is 18.2 Å². The Morgan fingerprint density at radius 2 is 2.27 bits per heavy atom. The first-order valence-corrected chi connectivity index (χ1v) is 4.96. The molecule has 0 atom stereocenters. The van der Waals surface area contributed by atoms with Crippen molar-refractivity contribution in [1.29, 1.82) is 5.26 Å². The van der Waals surface area contributed by atoms with Gasteiger partial charge < -0.3 is 4.74 Å². The van der Waals surface area contributed by atoms with Gasteiger partial charge in [0.05, 0.1) is 19.3 Å². The maximum absolute atomic E-state index is 13.4. The fourth-order valence-corrected chi connectivity index (χ4v) is 1.79. The van der Waals surface area contributed by atoms with Gasteiger partial charge in [-0.05, 0) is 30.2 Å². The second-order valence-electron chi connectivity index (χ2n) is 3.80. The van der Waals surface area contributed by atoms with E-state index in [-0.39, 0.29) is 5.82 Å². The molecule has 0 aliphatic carbocycles. The highest BCUT2D eigenvalue weighted by Gasteiger charge is 2.39. The zero-order chi connectivity index (χ0) is 10.9. The van der Waals surface area contributed by atoms with E-state index in [4.69, 9.17) is 21.6 Å².